The van der Waals surface area contributed by atoms with E-state index in [1.807, 2.05) is 32.0 Å². The lowest BCUT2D eigenvalue weighted by molar-refractivity contribution is 0.454. The number of nitrogens with one attached hydrogen (secondary N) is 1. The highest BCUT2D eigenvalue weighted by Gasteiger charge is 2.18. The number of aromatic nitrogens is 5. The predicted molar refractivity (Wildman–Crippen MR) is 128 cm³/mol. The van der Waals surface area contributed by atoms with Crippen LogP contribution in [0.25, 0.3) is 16.7 Å². The van der Waals surface area contributed by atoms with Crippen molar-refractivity contribution < 1.29 is 13.2 Å². The number of para-hydroxylation sites is 1. The summed E-state index contributed by atoms with van der Waals surface area (Å²) >= 11 is 0. The SMILES string of the molecule is Cc1cc(C)n(-c2ccc(Oc3ccc(NS(=O)(=O)c4cccc5cccnc45)cc3)nn2)n1. The average Bonchev–Trinajstić information content (AvgIpc) is 3.18. The molecule has 0 aliphatic rings. The van der Waals surface area contributed by atoms with Crippen LogP contribution in [0.2, 0.25) is 0 Å². The van der Waals surface area contributed by atoms with Gasteiger partial charge in [-0.05, 0) is 62.4 Å². The minimum Gasteiger partial charge on any atom is -0.438 e. The molecule has 5 rings (SSSR count). The molecule has 0 saturated heterocycles. The Kier molecular flexibility index (Phi) is 5.42. The maximum atomic E-state index is 13.0. The Bertz CT molecular complexity index is 1570. The molecule has 170 valence electrons. The Labute approximate surface area is 196 Å². The van der Waals surface area contributed by atoms with Gasteiger partial charge in [0.15, 0.2) is 5.82 Å². The van der Waals surface area contributed by atoms with Gasteiger partial charge in [0, 0.05) is 29.0 Å². The molecule has 5 aromatic rings. The highest BCUT2D eigenvalue weighted by Crippen LogP contribution is 2.26. The minimum absolute atomic E-state index is 0.115. The van der Waals surface area contributed by atoms with Gasteiger partial charge in [0.2, 0.25) is 5.88 Å². The Balaban J connectivity index is 1.30. The van der Waals surface area contributed by atoms with Crippen molar-refractivity contribution in [3.63, 3.8) is 0 Å². The topological polar surface area (TPSA) is 112 Å². The molecule has 0 atom stereocenters. The lowest BCUT2D eigenvalue weighted by Gasteiger charge is -2.11. The van der Waals surface area contributed by atoms with Crippen molar-refractivity contribution in [3.05, 3.63) is 90.4 Å². The van der Waals surface area contributed by atoms with E-state index in [1.54, 1.807) is 59.4 Å². The van der Waals surface area contributed by atoms with Crippen molar-refractivity contribution >= 4 is 26.6 Å². The van der Waals surface area contributed by atoms with Crippen LogP contribution in [0, 0.1) is 13.8 Å². The first-order valence-electron chi connectivity index (χ1n) is 10.4. The number of hydrogen-bond acceptors (Lipinski definition) is 7. The summed E-state index contributed by atoms with van der Waals surface area (Å²) in [7, 11) is -3.83. The van der Waals surface area contributed by atoms with Gasteiger partial charge in [0.1, 0.15) is 10.6 Å². The van der Waals surface area contributed by atoms with E-state index in [1.165, 1.54) is 6.07 Å². The fourth-order valence-electron chi connectivity index (χ4n) is 3.56. The van der Waals surface area contributed by atoms with E-state index in [4.69, 9.17) is 4.74 Å². The molecule has 34 heavy (non-hydrogen) atoms. The number of pyridine rings is 1. The molecule has 0 aliphatic carbocycles. The van der Waals surface area contributed by atoms with Crippen molar-refractivity contribution in [1.29, 1.82) is 0 Å². The fraction of sp³-hybridized carbons (Fsp3) is 0.0833. The molecule has 0 amide bonds. The number of anilines is 1. The van der Waals surface area contributed by atoms with E-state index in [9.17, 15) is 8.42 Å². The molecule has 3 aromatic heterocycles. The van der Waals surface area contributed by atoms with Crippen LogP contribution in [0.3, 0.4) is 0 Å². The standard InChI is InChI=1S/C24H20N6O3S/c1-16-15-17(2)30(28-16)22-12-13-23(27-26-22)33-20-10-8-19(9-11-20)29-34(31,32)21-7-3-5-18-6-4-14-25-24(18)21/h3-15,29H,1-2H3. The smallest absolute Gasteiger partial charge is 0.264 e. The highest BCUT2D eigenvalue weighted by molar-refractivity contribution is 7.93. The third-order valence-electron chi connectivity index (χ3n) is 5.07. The maximum absolute atomic E-state index is 13.0. The van der Waals surface area contributed by atoms with Gasteiger partial charge in [0.25, 0.3) is 10.0 Å². The second-order valence-corrected chi connectivity index (χ2v) is 9.28. The second-order valence-electron chi connectivity index (χ2n) is 7.63. The molecular formula is C24H20N6O3S. The van der Waals surface area contributed by atoms with Crippen molar-refractivity contribution in [2.75, 3.05) is 4.72 Å². The van der Waals surface area contributed by atoms with E-state index in [-0.39, 0.29) is 4.90 Å². The van der Waals surface area contributed by atoms with Gasteiger partial charge < -0.3 is 4.74 Å². The Morgan fingerprint density at radius 2 is 1.71 bits per heavy atom. The van der Waals surface area contributed by atoms with Gasteiger partial charge in [-0.25, -0.2) is 13.1 Å². The number of sulfonamides is 1. The van der Waals surface area contributed by atoms with E-state index in [2.05, 4.69) is 25.0 Å². The molecule has 2 aromatic carbocycles. The Hall–Kier alpha value is -4.31. The van der Waals surface area contributed by atoms with Crippen LogP contribution in [0.4, 0.5) is 5.69 Å². The molecular weight excluding hydrogens is 452 g/mol. The van der Waals surface area contributed by atoms with Crippen molar-refractivity contribution in [3.8, 4) is 17.4 Å². The van der Waals surface area contributed by atoms with Gasteiger partial charge in [-0.15, -0.1) is 10.2 Å². The van der Waals surface area contributed by atoms with E-state index in [0.29, 0.717) is 28.7 Å². The summed E-state index contributed by atoms with van der Waals surface area (Å²) in [6.07, 6.45) is 1.57. The first-order chi connectivity index (χ1) is 16.4. The van der Waals surface area contributed by atoms with Crippen molar-refractivity contribution in [1.82, 2.24) is 25.0 Å². The average molecular weight is 473 g/mol. The first kappa shape index (κ1) is 21.5. The molecule has 0 spiro atoms. The number of nitrogens with zero attached hydrogens (tertiary/aromatic N) is 5. The largest absolute Gasteiger partial charge is 0.438 e. The fourth-order valence-corrected chi connectivity index (χ4v) is 4.80. The molecule has 0 radical (unpaired) electrons. The summed E-state index contributed by atoms with van der Waals surface area (Å²) in [5.74, 6) is 1.38. The third kappa shape index (κ3) is 4.30. The summed E-state index contributed by atoms with van der Waals surface area (Å²) in [5.41, 5.74) is 2.66. The van der Waals surface area contributed by atoms with Gasteiger partial charge in [-0.3, -0.25) is 9.71 Å². The maximum Gasteiger partial charge on any atom is 0.264 e. The molecule has 9 nitrogen and oxygen atoms in total. The number of rotatable bonds is 6. The van der Waals surface area contributed by atoms with Crippen LogP contribution in [-0.2, 0) is 10.0 Å². The molecule has 0 unspecified atom stereocenters. The van der Waals surface area contributed by atoms with Crippen molar-refractivity contribution in [2.45, 2.75) is 18.7 Å². The van der Waals surface area contributed by atoms with Gasteiger partial charge in [-0.1, -0.05) is 18.2 Å². The molecule has 0 bridgehead atoms. The highest BCUT2D eigenvalue weighted by atomic mass is 32.2. The van der Waals surface area contributed by atoms with Gasteiger partial charge >= 0.3 is 0 Å². The van der Waals surface area contributed by atoms with Gasteiger partial charge in [0.05, 0.1) is 11.2 Å². The molecule has 1 N–H and O–H groups in total. The van der Waals surface area contributed by atoms with Gasteiger partial charge in [-0.2, -0.15) is 5.10 Å². The number of ether oxygens (including phenoxy) is 1. The molecule has 3 heterocycles. The molecule has 10 heteroatoms. The van der Waals surface area contributed by atoms with Crippen LogP contribution in [-0.4, -0.2) is 33.4 Å². The van der Waals surface area contributed by atoms with Crippen LogP contribution in [0.5, 0.6) is 11.6 Å². The van der Waals surface area contributed by atoms with E-state index < -0.39 is 10.0 Å². The summed E-state index contributed by atoms with van der Waals surface area (Å²) in [6.45, 7) is 3.86. The zero-order valence-corrected chi connectivity index (χ0v) is 19.2. The quantitative estimate of drug-likeness (QED) is 0.389. The monoisotopic (exact) mass is 472 g/mol. The lowest BCUT2D eigenvalue weighted by Crippen LogP contribution is -2.13. The first-order valence-corrected chi connectivity index (χ1v) is 11.9. The second kappa shape index (κ2) is 8.56. The summed E-state index contributed by atoms with van der Waals surface area (Å²) < 4.78 is 36.0. The van der Waals surface area contributed by atoms with Crippen LogP contribution in [0.15, 0.2) is 83.9 Å². The number of aryl methyl sites for hydroxylation is 2. The zero-order chi connectivity index (χ0) is 23.7. The molecule has 0 fully saturated rings. The summed E-state index contributed by atoms with van der Waals surface area (Å²) in [6, 6.07) is 20.6. The Morgan fingerprint density at radius 1 is 0.912 bits per heavy atom. The summed E-state index contributed by atoms with van der Waals surface area (Å²) in [5, 5.41) is 13.4. The predicted octanol–water partition coefficient (Wildman–Crippen LogP) is 4.42. The lowest BCUT2D eigenvalue weighted by atomic mass is 10.2. The minimum atomic E-state index is -3.83. The van der Waals surface area contributed by atoms with Crippen molar-refractivity contribution in [2.24, 2.45) is 0 Å². The third-order valence-corrected chi connectivity index (χ3v) is 6.48. The van der Waals surface area contributed by atoms with E-state index >= 15 is 0 Å². The Morgan fingerprint density at radius 3 is 2.41 bits per heavy atom. The van der Waals surface area contributed by atoms with E-state index in [0.717, 1.165) is 16.8 Å². The zero-order valence-electron chi connectivity index (χ0n) is 18.4. The van der Waals surface area contributed by atoms with Crippen LogP contribution >= 0.6 is 0 Å². The normalized spacial score (nSPS) is 11.5. The number of hydrogen-bond donors (Lipinski definition) is 1. The van der Waals surface area contributed by atoms with Crippen LogP contribution < -0.4 is 9.46 Å². The summed E-state index contributed by atoms with van der Waals surface area (Å²) in [4.78, 5) is 4.34. The number of fused-ring (bicyclic) bond motifs is 1. The number of benzene rings is 2. The molecule has 0 aliphatic heterocycles. The molecule has 0 saturated carbocycles. The van der Waals surface area contributed by atoms with Crippen LogP contribution in [0.1, 0.15) is 11.4 Å².